The van der Waals surface area contributed by atoms with Crippen molar-refractivity contribution in [3.63, 3.8) is 0 Å². The SMILES string of the molecule is CC(C)(C)C(=O)NC1CCN(C(=O)CCCOc2ccc(C(C)(C)C)cc2)CC1. The molecule has 2 amide bonds. The zero-order valence-electron chi connectivity index (χ0n) is 19.0. The molecule has 5 heteroatoms. The van der Waals surface area contributed by atoms with Crippen molar-refractivity contribution in [3.8, 4) is 5.75 Å². The molecule has 1 saturated heterocycles. The summed E-state index contributed by atoms with van der Waals surface area (Å²) in [5.74, 6) is 1.10. The topological polar surface area (TPSA) is 58.6 Å². The second kappa shape index (κ2) is 9.64. The smallest absolute Gasteiger partial charge is 0.225 e. The Labute approximate surface area is 176 Å². The normalized spacial score (nSPS) is 15.9. The molecule has 0 aliphatic carbocycles. The third kappa shape index (κ3) is 7.37. The predicted octanol–water partition coefficient (Wildman–Crippen LogP) is 4.30. The lowest BCUT2D eigenvalue weighted by Crippen LogP contribution is -2.49. The molecule has 1 aliphatic heterocycles. The maximum absolute atomic E-state index is 12.4. The van der Waals surface area contributed by atoms with E-state index in [1.54, 1.807) is 0 Å². The van der Waals surface area contributed by atoms with Gasteiger partial charge in [0, 0.05) is 31.0 Å². The van der Waals surface area contributed by atoms with E-state index >= 15 is 0 Å². The molecule has 1 aliphatic rings. The second-order valence-electron chi connectivity index (χ2n) is 10.1. The highest BCUT2D eigenvalue weighted by Gasteiger charge is 2.27. The minimum atomic E-state index is -0.375. The highest BCUT2D eigenvalue weighted by molar-refractivity contribution is 5.81. The number of likely N-dealkylation sites (tertiary alicyclic amines) is 1. The van der Waals surface area contributed by atoms with Crippen molar-refractivity contribution in [3.05, 3.63) is 29.8 Å². The van der Waals surface area contributed by atoms with E-state index in [4.69, 9.17) is 4.74 Å². The minimum absolute atomic E-state index is 0.0787. The third-order valence-electron chi connectivity index (χ3n) is 5.39. The first kappa shape index (κ1) is 23.2. The number of carbonyl (C=O) groups excluding carboxylic acids is 2. The van der Waals surface area contributed by atoms with E-state index in [0.29, 0.717) is 32.5 Å². The summed E-state index contributed by atoms with van der Waals surface area (Å²) in [6.07, 6.45) is 2.86. The zero-order valence-corrected chi connectivity index (χ0v) is 19.0. The minimum Gasteiger partial charge on any atom is -0.494 e. The first-order valence-electron chi connectivity index (χ1n) is 10.8. The second-order valence-corrected chi connectivity index (χ2v) is 10.1. The van der Waals surface area contributed by atoms with E-state index < -0.39 is 0 Å². The largest absolute Gasteiger partial charge is 0.494 e. The molecule has 1 aromatic carbocycles. The molecule has 5 nitrogen and oxygen atoms in total. The average molecular weight is 403 g/mol. The van der Waals surface area contributed by atoms with Crippen molar-refractivity contribution in [1.82, 2.24) is 10.2 Å². The Hall–Kier alpha value is -2.04. The number of ether oxygens (including phenoxy) is 1. The van der Waals surface area contributed by atoms with Crippen LogP contribution in [0.15, 0.2) is 24.3 Å². The van der Waals surface area contributed by atoms with Gasteiger partial charge >= 0.3 is 0 Å². The van der Waals surface area contributed by atoms with E-state index in [2.05, 4.69) is 38.2 Å². The number of nitrogens with zero attached hydrogens (tertiary/aromatic N) is 1. The van der Waals surface area contributed by atoms with Crippen LogP contribution in [0.25, 0.3) is 0 Å². The molecule has 162 valence electrons. The van der Waals surface area contributed by atoms with Crippen LogP contribution in [0, 0.1) is 5.41 Å². The molecule has 2 rings (SSSR count). The van der Waals surface area contributed by atoms with Crippen LogP contribution in [0.3, 0.4) is 0 Å². The van der Waals surface area contributed by atoms with Crippen molar-refractivity contribution in [2.75, 3.05) is 19.7 Å². The Morgan fingerprint density at radius 2 is 1.62 bits per heavy atom. The molecule has 0 spiro atoms. The number of nitrogens with one attached hydrogen (secondary N) is 1. The summed E-state index contributed by atoms with van der Waals surface area (Å²) in [6, 6.07) is 8.37. The molecule has 0 radical (unpaired) electrons. The summed E-state index contributed by atoms with van der Waals surface area (Å²) < 4.78 is 5.79. The number of amides is 2. The lowest BCUT2D eigenvalue weighted by Gasteiger charge is -2.33. The van der Waals surface area contributed by atoms with E-state index in [9.17, 15) is 9.59 Å². The van der Waals surface area contributed by atoms with Gasteiger partial charge < -0.3 is 15.0 Å². The Bertz CT molecular complexity index is 676. The summed E-state index contributed by atoms with van der Waals surface area (Å²) in [7, 11) is 0. The quantitative estimate of drug-likeness (QED) is 0.722. The molecule has 0 unspecified atom stereocenters. The zero-order chi connectivity index (χ0) is 21.7. The van der Waals surface area contributed by atoms with Crippen LogP contribution in [-0.4, -0.2) is 42.5 Å². The van der Waals surface area contributed by atoms with Gasteiger partial charge in [-0.05, 0) is 42.4 Å². The standard InChI is InChI=1S/C24H38N2O3/c1-23(2,3)18-9-11-20(12-10-18)29-17-7-8-21(27)26-15-13-19(14-16-26)25-22(28)24(4,5)6/h9-12,19H,7-8,13-17H2,1-6H3,(H,25,28). The fraction of sp³-hybridized carbons (Fsp3) is 0.667. The summed E-state index contributed by atoms with van der Waals surface area (Å²) in [5.41, 5.74) is 1.04. The van der Waals surface area contributed by atoms with Gasteiger partial charge in [-0.1, -0.05) is 53.7 Å². The van der Waals surface area contributed by atoms with E-state index in [1.165, 1.54) is 5.56 Å². The van der Waals surface area contributed by atoms with Crippen molar-refractivity contribution < 1.29 is 14.3 Å². The molecule has 1 fully saturated rings. The fourth-order valence-corrected chi connectivity index (χ4v) is 3.30. The van der Waals surface area contributed by atoms with Crippen LogP contribution in [0.4, 0.5) is 0 Å². The highest BCUT2D eigenvalue weighted by Crippen LogP contribution is 2.24. The summed E-state index contributed by atoms with van der Waals surface area (Å²) in [4.78, 5) is 26.5. The van der Waals surface area contributed by atoms with Crippen LogP contribution in [0.1, 0.15) is 72.8 Å². The summed E-state index contributed by atoms with van der Waals surface area (Å²) in [6.45, 7) is 14.3. The van der Waals surface area contributed by atoms with Crippen LogP contribution in [-0.2, 0) is 15.0 Å². The van der Waals surface area contributed by atoms with Crippen LogP contribution >= 0.6 is 0 Å². The molecule has 0 bridgehead atoms. The monoisotopic (exact) mass is 402 g/mol. The first-order chi connectivity index (χ1) is 13.5. The first-order valence-corrected chi connectivity index (χ1v) is 10.8. The van der Waals surface area contributed by atoms with Gasteiger partial charge in [0.25, 0.3) is 0 Å². The van der Waals surface area contributed by atoms with Crippen molar-refractivity contribution in [2.45, 2.75) is 78.7 Å². The van der Waals surface area contributed by atoms with Gasteiger partial charge in [0.05, 0.1) is 6.61 Å². The molecule has 1 aromatic rings. The maximum atomic E-state index is 12.4. The van der Waals surface area contributed by atoms with Gasteiger partial charge in [0.1, 0.15) is 5.75 Å². The van der Waals surface area contributed by atoms with E-state index in [1.807, 2.05) is 37.8 Å². The molecule has 0 saturated carbocycles. The molecule has 1 heterocycles. The summed E-state index contributed by atoms with van der Waals surface area (Å²) in [5, 5.41) is 3.10. The highest BCUT2D eigenvalue weighted by atomic mass is 16.5. The van der Waals surface area contributed by atoms with Crippen molar-refractivity contribution in [2.24, 2.45) is 5.41 Å². The Kier molecular flexibility index (Phi) is 7.73. The van der Waals surface area contributed by atoms with Crippen LogP contribution < -0.4 is 10.1 Å². The van der Waals surface area contributed by atoms with Gasteiger partial charge in [-0.2, -0.15) is 0 Å². The van der Waals surface area contributed by atoms with Gasteiger partial charge in [-0.15, -0.1) is 0 Å². The lowest BCUT2D eigenvalue weighted by molar-refractivity contribution is -0.133. The lowest BCUT2D eigenvalue weighted by atomic mass is 9.87. The maximum Gasteiger partial charge on any atom is 0.225 e. The molecular formula is C24H38N2O3. The van der Waals surface area contributed by atoms with Crippen LogP contribution in [0.2, 0.25) is 0 Å². The van der Waals surface area contributed by atoms with Crippen molar-refractivity contribution in [1.29, 1.82) is 0 Å². The predicted molar refractivity (Wildman–Crippen MR) is 117 cm³/mol. The number of hydrogen-bond acceptors (Lipinski definition) is 3. The van der Waals surface area contributed by atoms with E-state index in [-0.39, 0.29) is 28.7 Å². The third-order valence-corrected chi connectivity index (χ3v) is 5.39. The number of benzene rings is 1. The molecule has 0 atom stereocenters. The Morgan fingerprint density at radius 3 is 2.14 bits per heavy atom. The van der Waals surface area contributed by atoms with Gasteiger partial charge in [-0.3, -0.25) is 9.59 Å². The molecule has 0 aromatic heterocycles. The van der Waals surface area contributed by atoms with Gasteiger partial charge in [-0.25, -0.2) is 0 Å². The number of carbonyl (C=O) groups is 2. The summed E-state index contributed by atoms with van der Waals surface area (Å²) >= 11 is 0. The average Bonchev–Trinajstić information content (AvgIpc) is 2.64. The number of piperidine rings is 1. The molecular weight excluding hydrogens is 364 g/mol. The van der Waals surface area contributed by atoms with Gasteiger partial charge in [0.2, 0.25) is 11.8 Å². The Balaban J connectivity index is 1.66. The van der Waals surface area contributed by atoms with Gasteiger partial charge in [0.15, 0.2) is 0 Å². The number of hydrogen-bond donors (Lipinski definition) is 1. The number of rotatable bonds is 6. The van der Waals surface area contributed by atoms with Crippen LogP contribution in [0.5, 0.6) is 5.75 Å². The van der Waals surface area contributed by atoms with E-state index in [0.717, 1.165) is 18.6 Å². The molecule has 29 heavy (non-hydrogen) atoms. The fourth-order valence-electron chi connectivity index (χ4n) is 3.30. The molecule has 1 N–H and O–H groups in total. The van der Waals surface area contributed by atoms with Crippen molar-refractivity contribution >= 4 is 11.8 Å². The Morgan fingerprint density at radius 1 is 1.03 bits per heavy atom.